The van der Waals surface area contributed by atoms with E-state index in [0.29, 0.717) is 11.6 Å². The average Bonchev–Trinajstić information content (AvgIpc) is 2.78. The van der Waals surface area contributed by atoms with Crippen LogP contribution in [0.3, 0.4) is 0 Å². The molecular weight excluding hydrogens is 354 g/mol. The van der Waals surface area contributed by atoms with Gasteiger partial charge in [0.05, 0.1) is 5.52 Å². The van der Waals surface area contributed by atoms with Gasteiger partial charge in [0, 0.05) is 23.5 Å². The van der Waals surface area contributed by atoms with Crippen LogP contribution in [0.4, 0.5) is 10.6 Å². The molecule has 0 spiro atoms. The van der Waals surface area contributed by atoms with Crippen LogP contribution in [0, 0.1) is 0 Å². The third kappa shape index (κ3) is 3.88. The van der Waals surface area contributed by atoms with Crippen molar-refractivity contribution in [2.45, 2.75) is 38.6 Å². The minimum absolute atomic E-state index is 0.160. The maximum atomic E-state index is 12.1. The fraction of sp³-hybridized carbons (Fsp3) is 0.444. The molecule has 8 heteroatoms. The average molecular weight is 376 g/mol. The van der Waals surface area contributed by atoms with Gasteiger partial charge in [0.1, 0.15) is 17.7 Å². The van der Waals surface area contributed by atoms with Gasteiger partial charge in [-0.2, -0.15) is 0 Å². The highest BCUT2D eigenvalue weighted by Crippen LogP contribution is 2.22. The number of carbonyl (C=O) groups excluding carboxylic acids is 2. The topological polar surface area (TPSA) is 87.2 Å². The van der Waals surface area contributed by atoms with E-state index in [9.17, 15) is 9.59 Å². The van der Waals surface area contributed by atoms with Crippen LogP contribution in [-0.2, 0) is 4.79 Å². The maximum absolute atomic E-state index is 12.1. The molecule has 0 saturated carbocycles. The second kappa shape index (κ2) is 7.45. The minimum atomic E-state index is -0.796. The Kier molecular flexibility index (Phi) is 5.27. The Hall–Kier alpha value is -2.41. The first-order valence-electron chi connectivity index (χ1n) is 8.67. The molecule has 7 nitrogen and oxygen atoms in total. The van der Waals surface area contributed by atoms with Crippen molar-refractivity contribution in [3.63, 3.8) is 0 Å². The summed E-state index contributed by atoms with van der Waals surface area (Å²) in [6.07, 6.45) is 4.10. The number of nitrogens with one attached hydrogen (secondary N) is 2. The summed E-state index contributed by atoms with van der Waals surface area (Å²) in [6, 6.07) is 5.23. The quantitative estimate of drug-likeness (QED) is 0.573. The number of hydrogen-bond donors (Lipinski definition) is 2. The third-order valence-corrected chi connectivity index (χ3v) is 4.63. The first-order chi connectivity index (χ1) is 12.4. The number of benzene rings is 1. The Morgan fingerprint density at radius 3 is 2.73 bits per heavy atom. The number of carbonyl (C=O) groups is 2. The van der Waals surface area contributed by atoms with E-state index in [0.717, 1.165) is 42.5 Å². The first kappa shape index (κ1) is 18.4. The molecular formula is C18H22ClN5O2. The van der Waals surface area contributed by atoms with Gasteiger partial charge in [-0.3, -0.25) is 9.69 Å². The summed E-state index contributed by atoms with van der Waals surface area (Å²) >= 11 is 5.99. The molecule has 1 saturated heterocycles. The largest absolute Gasteiger partial charge is 0.369 e. The molecule has 0 aliphatic carbocycles. The van der Waals surface area contributed by atoms with Crippen LogP contribution in [0.5, 0.6) is 0 Å². The summed E-state index contributed by atoms with van der Waals surface area (Å²) in [7, 11) is 0. The van der Waals surface area contributed by atoms with E-state index in [2.05, 4.69) is 20.6 Å². The number of urea groups is 1. The minimum Gasteiger partial charge on any atom is -0.369 e. The van der Waals surface area contributed by atoms with E-state index in [1.807, 2.05) is 18.2 Å². The highest BCUT2D eigenvalue weighted by atomic mass is 35.5. The van der Waals surface area contributed by atoms with Gasteiger partial charge in [0.25, 0.3) is 5.91 Å². The lowest BCUT2D eigenvalue weighted by Gasteiger charge is -2.15. The Bertz CT molecular complexity index is 839. The molecule has 2 aromatic rings. The Balaban J connectivity index is 1.44. The fourth-order valence-corrected chi connectivity index (χ4v) is 3.14. The van der Waals surface area contributed by atoms with Crippen LogP contribution < -0.4 is 10.6 Å². The van der Waals surface area contributed by atoms with Crippen molar-refractivity contribution >= 4 is 40.3 Å². The molecule has 3 amide bonds. The smallest absolute Gasteiger partial charge is 0.325 e. The number of unbranched alkanes of at least 4 members (excludes halogenated alkanes) is 2. The van der Waals surface area contributed by atoms with Crippen LogP contribution >= 0.6 is 11.6 Å². The zero-order valence-electron chi connectivity index (χ0n) is 14.9. The van der Waals surface area contributed by atoms with Crippen molar-refractivity contribution in [3.05, 3.63) is 29.5 Å². The lowest BCUT2D eigenvalue weighted by molar-refractivity contribution is -0.130. The highest BCUT2D eigenvalue weighted by Gasteiger charge is 2.43. The van der Waals surface area contributed by atoms with E-state index in [-0.39, 0.29) is 11.9 Å². The van der Waals surface area contributed by atoms with E-state index < -0.39 is 5.54 Å². The van der Waals surface area contributed by atoms with E-state index in [4.69, 9.17) is 11.6 Å². The van der Waals surface area contributed by atoms with Crippen LogP contribution in [0.2, 0.25) is 5.02 Å². The predicted molar refractivity (Wildman–Crippen MR) is 101 cm³/mol. The van der Waals surface area contributed by atoms with Gasteiger partial charge in [0.15, 0.2) is 0 Å². The van der Waals surface area contributed by atoms with Crippen molar-refractivity contribution in [2.75, 3.05) is 18.4 Å². The molecule has 0 bridgehead atoms. The van der Waals surface area contributed by atoms with Crippen molar-refractivity contribution in [1.29, 1.82) is 0 Å². The van der Waals surface area contributed by atoms with E-state index >= 15 is 0 Å². The van der Waals surface area contributed by atoms with Crippen LogP contribution in [-0.4, -0.2) is 45.4 Å². The number of imide groups is 1. The van der Waals surface area contributed by atoms with E-state index in [1.165, 1.54) is 11.2 Å². The fourth-order valence-electron chi connectivity index (χ4n) is 2.97. The van der Waals surface area contributed by atoms with Gasteiger partial charge >= 0.3 is 6.03 Å². The molecule has 2 N–H and O–H groups in total. The van der Waals surface area contributed by atoms with Crippen LogP contribution in [0.15, 0.2) is 24.5 Å². The van der Waals surface area contributed by atoms with Gasteiger partial charge in [-0.15, -0.1) is 0 Å². The normalized spacial score (nSPS) is 16.2. The molecule has 1 aromatic heterocycles. The van der Waals surface area contributed by atoms with Crippen molar-refractivity contribution in [1.82, 2.24) is 20.2 Å². The zero-order valence-corrected chi connectivity index (χ0v) is 15.6. The number of hydrogen-bond acceptors (Lipinski definition) is 5. The summed E-state index contributed by atoms with van der Waals surface area (Å²) in [5.41, 5.74) is 0.00599. The number of halogens is 1. The maximum Gasteiger partial charge on any atom is 0.325 e. The van der Waals surface area contributed by atoms with Crippen LogP contribution in [0.1, 0.15) is 33.1 Å². The lowest BCUT2D eigenvalue weighted by atomic mass is 10.1. The Morgan fingerprint density at radius 2 is 2.00 bits per heavy atom. The van der Waals surface area contributed by atoms with Crippen molar-refractivity contribution in [2.24, 2.45) is 0 Å². The molecule has 1 aliphatic heterocycles. The molecule has 1 fully saturated rings. The SMILES string of the molecule is CC1(C)NC(=O)N(CCCCCNc2ncnc3cc(Cl)ccc23)C1=O. The molecule has 26 heavy (non-hydrogen) atoms. The second-order valence-electron chi connectivity index (χ2n) is 6.88. The molecule has 1 aromatic carbocycles. The zero-order chi connectivity index (χ0) is 18.7. The summed E-state index contributed by atoms with van der Waals surface area (Å²) in [4.78, 5) is 33.7. The number of anilines is 1. The van der Waals surface area contributed by atoms with Crippen LogP contribution in [0.25, 0.3) is 10.9 Å². The summed E-state index contributed by atoms with van der Waals surface area (Å²) in [6.45, 7) is 4.64. The van der Waals surface area contributed by atoms with Crippen molar-refractivity contribution < 1.29 is 9.59 Å². The molecule has 1 aliphatic rings. The van der Waals surface area contributed by atoms with Gasteiger partial charge in [0.2, 0.25) is 0 Å². The number of fused-ring (bicyclic) bond motifs is 1. The van der Waals surface area contributed by atoms with Gasteiger partial charge < -0.3 is 10.6 Å². The van der Waals surface area contributed by atoms with Gasteiger partial charge in [-0.1, -0.05) is 11.6 Å². The number of rotatable bonds is 7. The van der Waals surface area contributed by atoms with Crippen molar-refractivity contribution in [3.8, 4) is 0 Å². The molecule has 0 radical (unpaired) electrons. The summed E-state index contributed by atoms with van der Waals surface area (Å²) in [5.74, 6) is 0.620. The Morgan fingerprint density at radius 1 is 1.19 bits per heavy atom. The first-order valence-corrected chi connectivity index (χ1v) is 9.04. The lowest BCUT2D eigenvalue weighted by Crippen LogP contribution is -2.40. The molecule has 0 atom stereocenters. The monoisotopic (exact) mass is 375 g/mol. The standard InChI is InChI=1S/C18H22ClN5O2/c1-18(2)16(25)24(17(26)23-18)9-5-3-4-8-20-15-13-7-6-12(19)10-14(13)21-11-22-15/h6-7,10-11H,3-5,8-9H2,1-2H3,(H,23,26)(H,20,21,22). The number of nitrogens with zero attached hydrogens (tertiary/aromatic N) is 3. The Labute approximate surface area is 157 Å². The number of amides is 3. The number of aromatic nitrogens is 2. The van der Waals surface area contributed by atoms with E-state index in [1.54, 1.807) is 13.8 Å². The molecule has 2 heterocycles. The predicted octanol–water partition coefficient (Wildman–Crippen LogP) is 3.20. The third-order valence-electron chi connectivity index (χ3n) is 4.39. The summed E-state index contributed by atoms with van der Waals surface area (Å²) < 4.78 is 0. The summed E-state index contributed by atoms with van der Waals surface area (Å²) in [5, 5.41) is 7.57. The second-order valence-corrected chi connectivity index (χ2v) is 7.32. The van der Waals surface area contributed by atoms with Gasteiger partial charge in [-0.05, 0) is 51.3 Å². The molecule has 3 rings (SSSR count). The molecule has 138 valence electrons. The highest BCUT2D eigenvalue weighted by molar-refractivity contribution is 6.31. The van der Waals surface area contributed by atoms with Gasteiger partial charge in [-0.25, -0.2) is 14.8 Å². The molecule has 0 unspecified atom stereocenters.